The van der Waals surface area contributed by atoms with Gasteiger partial charge in [-0.25, -0.2) is 0 Å². The largest absolute Gasteiger partial charge is 0.480 e. The summed E-state index contributed by atoms with van der Waals surface area (Å²) < 4.78 is 49.5. The molecule has 1 atom stereocenters. The smallest absolute Gasteiger partial charge is 0.416 e. The Kier molecular flexibility index (Phi) is 4.89. The second-order valence-electron chi connectivity index (χ2n) is 5.76. The van der Waals surface area contributed by atoms with Crippen molar-refractivity contribution in [1.82, 2.24) is 0 Å². The van der Waals surface area contributed by atoms with Gasteiger partial charge in [0.1, 0.15) is 17.2 Å². The van der Waals surface area contributed by atoms with Gasteiger partial charge in [-0.1, -0.05) is 11.6 Å². The maximum atomic E-state index is 12.7. The Bertz CT molecular complexity index is 954. The molecule has 5 nitrogen and oxygen atoms in total. The first-order chi connectivity index (χ1) is 12.7. The number of nitrogens with zero attached hydrogens (tertiary/aromatic N) is 3. The lowest BCUT2D eigenvalue weighted by Gasteiger charge is -2.32. The third-order valence-corrected chi connectivity index (χ3v) is 4.25. The number of alkyl halides is 3. The molecule has 0 amide bonds. The zero-order chi connectivity index (χ0) is 19.8. The maximum Gasteiger partial charge on any atom is 0.416 e. The molecular weight excluding hydrogens is 383 g/mol. The molecule has 1 heterocycles. The van der Waals surface area contributed by atoms with Gasteiger partial charge in [-0.05, 0) is 37.3 Å². The Morgan fingerprint density at radius 3 is 2.63 bits per heavy atom. The van der Waals surface area contributed by atoms with Crippen LogP contribution in [0.4, 0.5) is 18.9 Å². The van der Waals surface area contributed by atoms with Crippen molar-refractivity contribution in [3.05, 3.63) is 47.0 Å². The van der Waals surface area contributed by atoms with Gasteiger partial charge in [0.25, 0.3) is 0 Å². The van der Waals surface area contributed by atoms with Crippen LogP contribution in [0.25, 0.3) is 0 Å². The molecule has 0 saturated carbocycles. The van der Waals surface area contributed by atoms with E-state index in [-0.39, 0.29) is 10.8 Å². The van der Waals surface area contributed by atoms with Crippen LogP contribution in [0.5, 0.6) is 17.2 Å². The molecule has 3 rings (SSSR count). The fraction of sp³-hybridized carbons (Fsp3) is 0.222. The highest BCUT2D eigenvalue weighted by Crippen LogP contribution is 2.40. The third kappa shape index (κ3) is 3.78. The zero-order valence-corrected chi connectivity index (χ0v) is 15.0. The van der Waals surface area contributed by atoms with E-state index in [1.54, 1.807) is 43.3 Å². The summed E-state index contributed by atoms with van der Waals surface area (Å²) >= 11 is 5.92. The molecule has 2 aromatic rings. The first-order valence-electron chi connectivity index (χ1n) is 7.76. The van der Waals surface area contributed by atoms with E-state index in [2.05, 4.69) is 4.99 Å². The highest BCUT2D eigenvalue weighted by molar-refractivity contribution is 6.32. The Morgan fingerprint density at radius 2 is 2.00 bits per heavy atom. The lowest BCUT2D eigenvalue weighted by Crippen LogP contribution is -2.42. The molecule has 1 aliphatic rings. The van der Waals surface area contributed by atoms with Crippen LogP contribution < -0.4 is 14.4 Å². The Labute approximate surface area is 158 Å². The van der Waals surface area contributed by atoms with E-state index in [1.807, 2.05) is 0 Å². The second-order valence-corrected chi connectivity index (χ2v) is 6.17. The minimum atomic E-state index is -4.48. The van der Waals surface area contributed by atoms with Gasteiger partial charge in [-0.2, -0.15) is 23.4 Å². The molecule has 0 aliphatic carbocycles. The topological polar surface area (TPSA) is 57.9 Å². The second kappa shape index (κ2) is 7.00. The molecule has 140 valence electrons. The minimum absolute atomic E-state index is 0.0913. The van der Waals surface area contributed by atoms with E-state index in [0.717, 1.165) is 18.2 Å². The molecule has 0 radical (unpaired) electrons. The maximum absolute atomic E-state index is 12.7. The van der Waals surface area contributed by atoms with E-state index < -0.39 is 17.8 Å². The zero-order valence-electron chi connectivity index (χ0n) is 14.2. The molecule has 27 heavy (non-hydrogen) atoms. The van der Waals surface area contributed by atoms with Gasteiger partial charge >= 0.3 is 6.18 Å². The summed E-state index contributed by atoms with van der Waals surface area (Å²) in [5.74, 6) is 1.39. The number of hydrogen-bond acceptors (Lipinski definition) is 4. The average Bonchev–Trinajstić information content (AvgIpc) is 2.59. The van der Waals surface area contributed by atoms with E-state index in [9.17, 15) is 13.2 Å². The predicted octanol–water partition coefficient (Wildman–Crippen LogP) is 5.25. The van der Waals surface area contributed by atoms with Crippen molar-refractivity contribution in [2.24, 2.45) is 4.99 Å². The molecule has 0 saturated heterocycles. The lowest BCUT2D eigenvalue weighted by atomic mass is 10.2. The molecule has 0 fully saturated rings. The summed E-state index contributed by atoms with van der Waals surface area (Å²) in [5, 5.41) is 8.63. The van der Waals surface area contributed by atoms with Crippen LogP contribution in [0.15, 0.2) is 41.4 Å². The SMILES string of the molecule is CC1Oc2cc(Oc3ccc(C(F)(F)F)cc3Cl)ccc2N(C)C1=NC#N. The monoisotopic (exact) mass is 395 g/mol. The van der Waals surface area contributed by atoms with Gasteiger partial charge in [-0.3, -0.25) is 0 Å². The number of anilines is 1. The van der Waals surface area contributed by atoms with Gasteiger partial charge in [-0.15, -0.1) is 0 Å². The Balaban J connectivity index is 1.88. The molecule has 9 heteroatoms. The Morgan fingerprint density at radius 1 is 1.26 bits per heavy atom. The van der Waals surface area contributed by atoms with Gasteiger partial charge in [0.2, 0.25) is 6.19 Å². The number of hydrogen-bond donors (Lipinski definition) is 0. The molecule has 0 aromatic heterocycles. The number of aliphatic imine (C=N–C) groups is 1. The van der Waals surface area contributed by atoms with Crippen LogP contribution in [0.2, 0.25) is 5.02 Å². The predicted molar refractivity (Wildman–Crippen MR) is 94.5 cm³/mol. The summed E-state index contributed by atoms with van der Waals surface area (Å²) in [4.78, 5) is 5.48. The van der Waals surface area contributed by atoms with Crippen LogP contribution >= 0.6 is 11.6 Å². The number of ether oxygens (including phenoxy) is 2. The van der Waals surface area contributed by atoms with Gasteiger partial charge in [0, 0.05) is 13.1 Å². The van der Waals surface area contributed by atoms with Gasteiger partial charge < -0.3 is 14.4 Å². The molecule has 0 spiro atoms. The fourth-order valence-electron chi connectivity index (χ4n) is 2.67. The van der Waals surface area contributed by atoms with Crippen molar-refractivity contribution in [3.63, 3.8) is 0 Å². The van der Waals surface area contributed by atoms with E-state index >= 15 is 0 Å². The summed E-state index contributed by atoms with van der Waals surface area (Å²) in [7, 11) is 1.75. The quantitative estimate of drug-likeness (QED) is 0.652. The van der Waals surface area contributed by atoms with Crippen LogP contribution in [0, 0.1) is 11.5 Å². The summed E-state index contributed by atoms with van der Waals surface area (Å²) in [6.07, 6.45) is -3.19. The van der Waals surface area contributed by atoms with Crippen LogP contribution in [0.1, 0.15) is 12.5 Å². The van der Waals surface area contributed by atoms with Crippen molar-refractivity contribution >= 4 is 23.1 Å². The summed E-state index contributed by atoms with van der Waals surface area (Å²) in [6.45, 7) is 1.75. The van der Waals surface area contributed by atoms with E-state index in [4.69, 9.17) is 26.3 Å². The molecule has 0 N–H and O–H groups in total. The number of rotatable bonds is 2. The van der Waals surface area contributed by atoms with E-state index in [1.165, 1.54) is 0 Å². The highest BCUT2D eigenvalue weighted by atomic mass is 35.5. The number of fused-ring (bicyclic) bond motifs is 1. The minimum Gasteiger partial charge on any atom is -0.480 e. The molecule has 2 aromatic carbocycles. The Hall–Kier alpha value is -2.92. The first-order valence-corrected chi connectivity index (χ1v) is 8.14. The van der Waals surface area contributed by atoms with Crippen LogP contribution in [-0.2, 0) is 6.18 Å². The number of amidine groups is 1. The number of nitriles is 1. The standard InChI is InChI=1S/C18H13ClF3N3O2/c1-10-17(24-9-23)25(2)14-5-4-12(8-16(14)26-10)27-15-6-3-11(7-13(15)19)18(20,21)22/h3-8,10H,1-2H3. The summed E-state index contributed by atoms with van der Waals surface area (Å²) in [5.41, 5.74) is -0.179. The van der Waals surface area contributed by atoms with Crippen molar-refractivity contribution in [3.8, 4) is 23.4 Å². The number of benzene rings is 2. The first kappa shape index (κ1) is 18.9. The summed E-state index contributed by atoms with van der Waals surface area (Å²) in [6, 6.07) is 7.79. The fourth-order valence-corrected chi connectivity index (χ4v) is 2.89. The van der Waals surface area contributed by atoms with Gasteiger partial charge in [0.05, 0.1) is 16.3 Å². The number of halogens is 4. The third-order valence-electron chi connectivity index (χ3n) is 3.96. The lowest BCUT2D eigenvalue weighted by molar-refractivity contribution is -0.137. The molecule has 1 unspecified atom stereocenters. The van der Waals surface area contributed by atoms with Crippen molar-refractivity contribution in [2.75, 3.05) is 11.9 Å². The molecular formula is C18H13ClF3N3O2. The van der Waals surface area contributed by atoms with Crippen LogP contribution in [-0.4, -0.2) is 19.0 Å². The van der Waals surface area contributed by atoms with Gasteiger partial charge in [0.15, 0.2) is 11.9 Å². The van der Waals surface area contributed by atoms with Crippen LogP contribution in [0.3, 0.4) is 0 Å². The van der Waals surface area contributed by atoms with E-state index in [0.29, 0.717) is 23.0 Å². The van der Waals surface area contributed by atoms with Crippen molar-refractivity contribution in [1.29, 1.82) is 5.26 Å². The normalized spacial score (nSPS) is 17.9. The molecule has 1 aliphatic heterocycles. The van der Waals surface area contributed by atoms with Crippen molar-refractivity contribution < 1.29 is 22.6 Å². The number of likely N-dealkylation sites (N-methyl/N-ethyl adjacent to an activating group) is 1. The average molecular weight is 396 g/mol. The van der Waals surface area contributed by atoms with Crippen molar-refractivity contribution in [2.45, 2.75) is 19.2 Å². The highest BCUT2D eigenvalue weighted by Gasteiger charge is 2.31. The molecule has 0 bridgehead atoms.